The van der Waals surface area contributed by atoms with Crippen molar-refractivity contribution in [2.75, 3.05) is 21.7 Å². The Balaban J connectivity index is 0.00000361. The molecule has 3 aliphatic rings. The number of ether oxygens (including phenoxy) is 1. The van der Waals surface area contributed by atoms with E-state index < -0.39 is 0 Å². The van der Waals surface area contributed by atoms with Gasteiger partial charge < -0.3 is 24.3 Å². The van der Waals surface area contributed by atoms with E-state index >= 15 is 0 Å². The van der Waals surface area contributed by atoms with E-state index in [0.29, 0.717) is 11.5 Å². The number of benzene rings is 6. The average molecular weight is 830 g/mol. The summed E-state index contributed by atoms with van der Waals surface area (Å²) in [5.74, 6) is 1.25. The van der Waals surface area contributed by atoms with Crippen LogP contribution in [0.1, 0.15) is 25.0 Å². The zero-order valence-electron chi connectivity index (χ0n) is 27.9. The Bertz CT molecular complexity index is 2250. The first-order chi connectivity index (χ1) is 24.0. The Morgan fingerprint density at radius 1 is 0.580 bits per heavy atom. The summed E-state index contributed by atoms with van der Waals surface area (Å²) >= 11 is 0. The molecule has 0 atom stereocenters. The van der Waals surface area contributed by atoms with Crippen LogP contribution in [0.3, 0.4) is 0 Å². The summed E-state index contributed by atoms with van der Waals surface area (Å²) in [5, 5.41) is 0. The van der Waals surface area contributed by atoms with Crippen LogP contribution in [0.4, 0.5) is 28.4 Å². The molecule has 5 nitrogen and oxygen atoms in total. The van der Waals surface area contributed by atoms with Crippen LogP contribution in [-0.2, 0) is 26.5 Å². The first-order valence-corrected chi connectivity index (χ1v) is 16.6. The van der Waals surface area contributed by atoms with Crippen molar-refractivity contribution in [1.82, 2.24) is 4.90 Å². The molecule has 0 radical (unpaired) electrons. The molecule has 0 unspecified atom stereocenters. The molecule has 246 valence electrons. The molecule has 0 saturated heterocycles. The number of hydrogen-bond donors (Lipinski definition) is 0. The van der Waals surface area contributed by atoms with Gasteiger partial charge in [-0.15, -0.1) is 54.4 Å². The fraction of sp³-hybridized carbons (Fsp3) is 0.0909. The molecule has 50 heavy (non-hydrogen) atoms. The molecule has 2 aliphatic heterocycles. The van der Waals surface area contributed by atoms with Gasteiger partial charge in [0.1, 0.15) is 0 Å². The van der Waals surface area contributed by atoms with E-state index in [4.69, 9.17) is 4.74 Å². The summed E-state index contributed by atoms with van der Waals surface area (Å²) in [6.07, 6.45) is 4.00. The van der Waals surface area contributed by atoms with Gasteiger partial charge in [-0.2, -0.15) is 18.8 Å². The first-order valence-electron chi connectivity index (χ1n) is 16.6. The van der Waals surface area contributed by atoms with Gasteiger partial charge in [0.15, 0.2) is 0 Å². The minimum atomic E-state index is -0.123. The van der Waals surface area contributed by atoms with Crippen molar-refractivity contribution in [1.29, 1.82) is 0 Å². The van der Waals surface area contributed by atoms with Gasteiger partial charge in [-0.05, 0) is 53.8 Å². The van der Waals surface area contributed by atoms with E-state index in [1.807, 2.05) is 66.2 Å². The van der Waals surface area contributed by atoms with E-state index in [1.165, 1.54) is 39.1 Å². The zero-order chi connectivity index (χ0) is 33.1. The smallest absolute Gasteiger partial charge is 0.510 e. The molecule has 6 aromatic carbocycles. The van der Waals surface area contributed by atoms with E-state index in [0.717, 1.165) is 22.7 Å². The summed E-state index contributed by atoms with van der Waals surface area (Å²) in [4.78, 5) is 8.59. The van der Waals surface area contributed by atoms with Gasteiger partial charge in [0.05, 0.1) is 0 Å². The number of nitrogens with zero attached hydrogens (tertiary/aromatic N) is 4. The number of para-hydroxylation sites is 2. The van der Waals surface area contributed by atoms with Crippen molar-refractivity contribution in [3.63, 3.8) is 0 Å². The van der Waals surface area contributed by atoms with Crippen LogP contribution in [0.5, 0.6) is 11.5 Å². The minimum absolute atomic E-state index is 0. The molecule has 6 heteroatoms. The monoisotopic (exact) mass is 829 g/mol. The number of hydrogen-bond acceptors (Lipinski definition) is 5. The third kappa shape index (κ3) is 5.28. The van der Waals surface area contributed by atoms with Crippen molar-refractivity contribution in [3.05, 3.63) is 176 Å². The summed E-state index contributed by atoms with van der Waals surface area (Å²) < 4.78 is 6.36. The fourth-order valence-electron chi connectivity index (χ4n) is 7.35. The normalized spacial score (nSPS) is 15.1. The van der Waals surface area contributed by atoms with Gasteiger partial charge in [-0.25, -0.2) is 0 Å². The topological polar surface area (TPSA) is 22.2 Å². The van der Waals surface area contributed by atoms with Crippen LogP contribution in [0, 0.1) is 25.5 Å². The van der Waals surface area contributed by atoms with Crippen molar-refractivity contribution in [3.8, 4) is 33.8 Å². The van der Waals surface area contributed by atoms with Crippen molar-refractivity contribution >= 4 is 28.4 Å². The second-order valence-electron chi connectivity index (χ2n) is 13.2. The molecule has 0 aromatic heterocycles. The van der Waals surface area contributed by atoms with Crippen LogP contribution in [-0.4, -0.2) is 11.9 Å². The van der Waals surface area contributed by atoms with E-state index in [2.05, 4.69) is 140 Å². The van der Waals surface area contributed by atoms with Gasteiger partial charge in [0.2, 0.25) is 0 Å². The molecular formula is C44H34N4OPt. The molecule has 1 aliphatic carbocycles. The number of rotatable bonds is 6. The van der Waals surface area contributed by atoms with Crippen LogP contribution in [0.2, 0.25) is 0 Å². The predicted molar refractivity (Wildman–Crippen MR) is 199 cm³/mol. The summed E-state index contributed by atoms with van der Waals surface area (Å²) in [7, 11) is 2.00. The largest absolute Gasteiger partial charge is 4.00 e. The maximum atomic E-state index is 6.36. The van der Waals surface area contributed by atoms with Crippen LogP contribution < -0.4 is 19.4 Å². The van der Waals surface area contributed by atoms with Crippen LogP contribution >= 0.6 is 0 Å². The summed E-state index contributed by atoms with van der Waals surface area (Å²) in [6.45, 7) is 8.88. The molecule has 0 spiro atoms. The average Bonchev–Trinajstić information content (AvgIpc) is 3.81. The van der Waals surface area contributed by atoms with Gasteiger partial charge in [0, 0.05) is 45.1 Å². The molecule has 9 rings (SSSR count). The summed E-state index contributed by atoms with van der Waals surface area (Å²) in [6, 6.07) is 51.7. The Hall–Kier alpha value is -5.25. The van der Waals surface area contributed by atoms with Gasteiger partial charge in [-0.1, -0.05) is 92.7 Å². The SMILES string of the molecule is CN1C=CN(c2[c-]c(Oc3[c-]c(N4[CH-]N(c5c(-c6ccccc6)ccc6c5-c5ccccc5C6(C)C)c5ccccc54)ccc3)ccc2)[CH-]1.[Pt+4]. The van der Waals surface area contributed by atoms with E-state index in [9.17, 15) is 0 Å². The number of anilines is 5. The molecule has 0 amide bonds. The Kier molecular flexibility index (Phi) is 8.04. The van der Waals surface area contributed by atoms with Crippen molar-refractivity contribution in [2.24, 2.45) is 0 Å². The van der Waals surface area contributed by atoms with Crippen LogP contribution in [0.25, 0.3) is 22.3 Å². The van der Waals surface area contributed by atoms with Gasteiger partial charge >= 0.3 is 21.1 Å². The van der Waals surface area contributed by atoms with E-state index in [-0.39, 0.29) is 26.5 Å². The quantitative estimate of drug-likeness (QED) is 0.156. The molecule has 0 saturated carbocycles. The standard InChI is InChI=1S/C44H34N4O.Pt/c1-44(2)38-20-8-7-19-37(38)42-39(44)24-23-36(31-13-5-4-6-14-31)43(42)48-30-47(40-21-9-10-22-41(40)48)33-16-12-18-35(28-33)49-34-17-11-15-32(27-34)46-26-25-45(3)29-46;/h4-26,29-30H,1-3H3;/q-4;+4. The van der Waals surface area contributed by atoms with Gasteiger partial charge in [0.25, 0.3) is 0 Å². The first kappa shape index (κ1) is 32.0. The minimum Gasteiger partial charge on any atom is -0.510 e. The molecule has 0 fully saturated rings. The third-order valence-corrected chi connectivity index (χ3v) is 9.71. The van der Waals surface area contributed by atoms with Crippen LogP contribution in [0.15, 0.2) is 140 Å². The molecular weight excluding hydrogens is 796 g/mol. The molecule has 6 aromatic rings. The fourth-order valence-corrected chi connectivity index (χ4v) is 7.35. The van der Waals surface area contributed by atoms with E-state index in [1.54, 1.807) is 0 Å². The second-order valence-corrected chi connectivity index (χ2v) is 13.2. The Morgan fingerprint density at radius 2 is 1.24 bits per heavy atom. The zero-order valence-corrected chi connectivity index (χ0v) is 30.2. The van der Waals surface area contributed by atoms with Crippen molar-refractivity contribution < 1.29 is 25.8 Å². The molecule has 0 N–H and O–H groups in total. The molecule has 2 heterocycles. The Morgan fingerprint density at radius 3 is 1.98 bits per heavy atom. The summed E-state index contributed by atoms with van der Waals surface area (Å²) in [5.41, 5.74) is 12.6. The molecule has 0 bridgehead atoms. The third-order valence-electron chi connectivity index (χ3n) is 9.71. The number of fused-ring (bicyclic) bond motifs is 4. The maximum Gasteiger partial charge on any atom is 4.00 e. The predicted octanol–water partition coefficient (Wildman–Crippen LogP) is 10.8. The Labute approximate surface area is 308 Å². The maximum absolute atomic E-state index is 6.36. The van der Waals surface area contributed by atoms with Gasteiger partial charge in [-0.3, -0.25) is 0 Å². The second kappa shape index (κ2) is 12.6. The van der Waals surface area contributed by atoms with Crippen molar-refractivity contribution in [2.45, 2.75) is 19.3 Å².